The summed E-state index contributed by atoms with van der Waals surface area (Å²) < 4.78 is 5.58. The third-order valence-electron chi connectivity index (χ3n) is 3.02. The van der Waals surface area contributed by atoms with Crippen LogP contribution in [-0.2, 0) is 4.79 Å². The number of rotatable bonds is 7. The predicted molar refractivity (Wildman–Crippen MR) is 79.6 cm³/mol. The van der Waals surface area contributed by atoms with Crippen LogP contribution in [0.25, 0.3) is 0 Å². The topological polar surface area (TPSA) is 58.6 Å². The van der Waals surface area contributed by atoms with Crippen LogP contribution in [0.3, 0.4) is 0 Å². The Morgan fingerprint density at radius 2 is 1.85 bits per heavy atom. The number of carbonyl (C=O) groups is 1. The van der Waals surface area contributed by atoms with Crippen molar-refractivity contribution in [1.82, 2.24) is 5.32 Å². The number of ether oxygens (including phenoxy) is 1. The van der Waals surface area contributed by atoms with Crippen molar-refractivity contribution in [1.29, 1.82) is 0 Å². The Hall–Kier alpha value is -1.55. The average molecular weight is 279 g/mol. The third kappa shape index (κ3) is 5.21. The lowest BCUT2D eigenvalue weighted by atomic mass is 10.1. The second kappa shape index (κ2) is 7.90. The molecule has 0 fully saturated rings. The van der Waals surface area contributed by atoms with Gasteiger partial charge in [0.2, 0.25) is 0 Å². The van der Waals surface area contributed by atoms with Crippen molar-refractivity contribution in [2.75, 3.05) is 6.54 Å². The fourth-order valence-corrected chi connectivity index (χ4v) is 1.71. The second-order valence-electron chi connectivity index (χ2n) is 5.39. The number of aliphatic hydroxyl groups excluding tert-OH is 1. The van der Waals surface area contributed by atoms with Crippen LogP contribution >= 0.6 is 0 Å². The van der Waals surface area contributed by atoms with E-state index in [1.807, 2.05) is 32.9 Å². The van der Waals surface area contributed by atoms with Crippen molar-refractivity contribution in [3.05, 3.63) is 29.8 Å². The molecule has 0 heterocycles. The molecule has 1 aromatic rings. The molecule has 1 rings (SSSR count). The van der Waals surface area contributed by atoms with Gasteiger partial charge in [0.05, 0.1) is 6.10 Å². The van der Waals surface area contributed by atoms with Crippen LogP contribution in [0.2, 0.25) is 0 Å². The number of amides is 1. The summed E-state index contributed by atoms with van der Waals surface area (Å²) in [4.78, 5) is 11.8. The molecule has 4 heteroatoms. The lowest BCUT2D eigenvalue weighted by Gasteiger charge is -2.16. The molecule has 0 saturated heterocycles. The standard InChI is InChI=1S/C16H25NO3/c1-5-15(18)13-6-8-14(9-7-13)20-12(4)16(19)17-10-11(2)3/h6-9,11-12,15,18H,5,10H2,1-4H3,(H,17,19). The normalized spacial score (nSPS) is 13.9. The zero-order chi connectivity index (χ0) is 15.1. The highest BCUT2D eigenvalue weighted by Crippen LogP contribution is 2.20. The quantitative estimate of drug-likeness (QED) is 0.806. The van der Waals surface area contributed by atoms with E-state index in [0.717, 1.165) is 5.56 Å². The van der Waals surface area contributed by atoms with Crippen LogP contribution in [0.4, 0.5) is 0 Å². The van der Waals surface area contributed by atoms with E-state index in [2.05, 4.69) is 5.32 Å². The van der Waals surface area contributed by atoms with Gasteiger partial charge in [0.25, 0.3) is 5.91 Å². The van der Waals surface area contributed by atoms with Crippen molar-refractivity contribution in [2.24, 2.45) is 5.92 Å². The number of aliphatic hydroxyl groups is 1. The molecule has 0 spiro atoms. The van der Waals surface area contributed by atoms with Crippen LogP contribution in [0.5, 0.6) is 5.75 Å². The summed E-state index contributed by atoms with van der Waals surface area (Å²) in [5.41, 5.74) is 0.858. The highest BCUT2D eigenvalue weighted by atomic mass is 16.5. The van der Waals surface area contributed by atoms with E-state index in [-0.39, 0.29) is 5.91 Å². The summed E-state index contributed by atoms with van der Waals surface area (Å²) in [6.45, 7) is 8.39. The lowest BCUT2D eigenvalue weighted by molar-refractivity contribution is -0.127. The minimum Gasteiger partial charge on any atom is -0.481 e. The SMILES string of the molecule is CCC(O)c1ccc(OC(C)C(=O)NCC(C)C)cc1. The van der Waals surface area contributed by atoms with Gasteiger partial charge in [-0.3, -0.25) is 4.79 Å². The van der Waals surface area contributed by atoms with Gasteiger partial charge >= 0.3 is 0 Å². The monoisotopic (exact) mass is 279 g/mol. The van der Waals surface area contributed by atoms with Gasteiger partial charge in [-0.15, -0.1) is 0 Å². The maximum atomic E-state index is 11.8. The first kappa shape index (κ1) is 16.5. The molecule has 0 aromatic heterocycles. The highest BCUT2D eigenvalue weighted by Gasteiger charge is 2.14. The Morgan fingerprint density at radius 3 is 2.35 bits per heavy atom. The third-order valence-corrected chi connectivity index (χ3v) is 3.02. The minimum atomic E-state index is -0.532. The number of hydrogen-bond acceptors (Lipinski definition) is 3. The van der Waals surface area contributed by atoms with Gasteiger partial charge in [0, 0.05) is 6.54 Å². The summed E-state index contributed by atoms with van der Waals surface area (Å²) in [7, 11) is 0. The molecule has 1 aromatic carbocycles. The number of carbonyl (C=O) groups excluding carboxylic acids is 1. The number of hydrogen-bond donors (Lipinski definition) is 2. The van der Waals surface area contributed by atoms with Crippen LogP contribution in [0.1, 0.15) is 45.8 Å². The van der Waals surface area contributed by atoms with E-state index < -0.39 is 12.2 Å². The maximum absolute atomic E-state index is 11.8. The van der Waals surface area contributed by atoms with E-state index in [4.69, 9.17) is 4.74 Å². The Kier molecular flexibility index (Phi) is 6.52. The first-order chi connectivity index (χ1) is 9.43. The molecular weight excluding hydrogens is 254 g/mol. The summed E-state index contributed by atoms with van der Waals surface area (Å²) in [6, 6.07) is 7.20. The highest BCUT2D eigenvalue weighted by molar-refractivity contribution is 5.80. The lowest BCUT2D eigenvalue weighted by Crippen LogP contribution is -2.38. The fourth-order valence-electron chi connectivity index (χ4n) is 1.71. The van der Waals surface area contributed by atoms with Crippen molar-refractivity contribution in [3.8, 4) is 5.75 Å². The molecule has 2 atom stereocenters. The minimum absolute atomic E-state index is 0.114. The Balaban J connectivity index is 2.53. The van der Waals surface area contributed by atoms with Crippen molar-refractivity contribution >= 4 is 5.91 Å². The van der Waals surface area contributed by atoms with Crippen molar-refractivity contribution < 1.29 is 14.6 Å². The van der Waals surface area contributed by atoms with E-state index in [9.17, 15) is 9.90 Å². The van der Waals surface area contributed by atoms with Crippen LogP contribution in [0, 0.1) is 5.92 Å². The molecule has 20 heavy (non-hydrogen) atoms. The van der Waals surface area contributed by atoms with Crippen LogP contribution < -0.4 is 10.1 Å². The van der Waals surface area contributed by atoms with Gasteiger partial charge in [-0.1, -0.05) is 32.9 Å². The molecule has 2 N–H and O–H groups in total. The maximum Gasteiger partial charge on any atom is 0.260 e. The van der Waals surface area contributed by atoms with E-state index in [0.29, 0.717) is 24.6 Å². The van der Waals surface area contributed by atoms with Gasteiger partial charge in [-0.05, 0) is 37.0 Å². The molecular formula is C16H25NO3. The molecule has 0 bridgehead atoms. The van der Waals surface area contributed by atoms with Gasteiger partial charge < -0.3 is 15.2 Å². The van der Waals surface area contributed by atoms with Gasteiger partial charge in [-0.25, -0.2) is 0 Å². The molecule has 1 amide bonds. The average Bonchev–Trinajstić information content (AvgIpc) is 2.44. The summed E-state index contributed by atoms with van der Waals surface area (Å²) in [5.74, 6) is 0.932. The smallest absolute Gasteiger partial charge is 0.260 e. The van der Waals surface area contributed by atoms with E-state index >= 15 is 0 Å². The molecule has 4 nitrogen and oxygen atoms in total. The zero-order valence-corrected chi connectivity index (χ0v) is 12.7. The van der Waals surface area contributed by atoms with Gasteiger partial charge in [-0.2, -0.15) is 0 Å². The zero-order valence-electron chi connectivity index (χ0n) is 12.7. The Labute approximate surface area is 121 Å². The summed E-state index contributed by atoms with van der Waals surface area (Å²) >= 11 is 0. The first-order valence-corrected chi connectivity index (χ1v) is 7.16. The van der Waals surface area contributed by atoms with E-state index in [1.54, 1.807) is 19.1 Å². The van der Waals surface area contributed by atoms with Crippen LogP contribution in [0.15, 0.2) is 24.3 Å². The Morgan fingerprint density at radius 1 is 1.25 bits per heavy atom. The molecule has 0 aliphatic rings. The fraction of sp³-hybridized carbons (Fsp3) is 0.562. The first-order valence-electron chi connectivity index (χ1n) is 7.16. The largest absolute Gasteiger partial charge is 0.481 e. The molecule has 0 saturated carbocycles. The molecule has 0 aliphatic carbocycles. The molecule has 0 aliphatic heterocycles. The van der Waals surface area contributed by atoms with Crippen molar-refractivity contribution in [2.45, 2.75) is 46.3 Å². The molecule has 112 valence electrons. The summed E-state index contributed by atoms with van der Waals surface area (Å²) in [5, 5.41) is 12.5. The second-order valence-corrected chi connectivity index (χ2v) is 5.39. The number of benzene rings is 1. The van der Waals surface area contributed by atoms with E-state index in [1.165, 1.54) is 0 Å². The molecule has 2 unspecified atom stereocenters. The van der Waals surface area contributed by atoms with Crippen LogP contribution in [-0.4, -0.2) is 23.7 Å². The van der Waals surface area contributed by atoms with Crippen molar-refractivity contribution in [3.63, 3.8) is 0 Å². The molecule has 0 radical (unpaired) electrons. The van der Waals surface area contributed by atoms with Gasteiger partial charge in [0.15, 0.2) is 6.10 Å². The predicted octanol–water partition coefficient (Wildman–Crippen LogP) is 2.67. The van der Waals surface area contributed by atoms with Gasteiger partial charge in [0.1, 0.15) is 5.75 Å². The Bertz CT molecular complexity index is 414. The number of nitrogens with one attached hydrogen (secondary N) is 1. The summed E-state index contributed by atoms with van der Waals surface area (Å²) in [6.07, 6.45) is -0.305.